The van der Waals surface area contributed by atoms with E-state index in [-0.39, 0.29) is 5.02 Å². The van der Waals surface area contributed by atoms with E-state index >= 15 is 0 Å². The zero-order valence-corrected chi connectivity index (χ0v) is 14.2. The van der Waals surface area contributed by atoms with Crippen molar-refractivity contribution in [1.29, 1.82) is 0 Å². The van der Waals surface area contributed by atoms with E-state index in [9.17, 15) is 4.39 Å². The molecule has 0 saturated heterocycles. The number of hydrogen-bond acceptors (Lipinski definition) is 4. The third kappa shape index (κ3) is 4.13. The van der Waals surface area contributed by atoms with E-state index in [4.69, 9.17) is 23.2 Å². The number of benzene rings is 2. The van der Waals surface area contributed by atoms with Gasteiger partial charge in [-0.3, -0.25) is 0 Å². The van der Waals surface area contributed by atoms with Crippen molar-refractivity contribution >= 4 is 46.3 Å². The van der Waals surface area contributed by atoms with Gasteiger partial charge in [0.2, 0.25) is 5.95 Å². The second-order valence-electron chi connectivity index (χ2n) is 5.10. The Morgan fingerprint density at radius 3 is 2.29 bits per heavy atom. The zero-order valence-electron chi connectivity index (χ0n) is 12.6. The van der Waals surface area contributed by atoms with E-state index in [0.29, 0.717) is 22.5 Å². The van der Waals surface area contributed by atoms with Crippen LogP contribution in [0.4, 0.5) is 27.5 Å². The van der Waals surface area contributed by atoms with E-state index in [1.54, 1.807) is 18.2 Å². The Labute approximate surface area is 148 Å². The van der Waals surface area contributed by atoms with Gasteiger partial charge in [-0.05, 0) is 49.4 Å². The molecule has 0 aliphatic heterocycles. The van der Waals surface area contributed by atoms with Crippen LogP contribution in [0.5, 0.6) is 0 Å². The molecule has 1 aromatic heterocycles. The van der Waals surface area contributed by atoms with Crippen molar-refractivity contribution in [2.24, 2.45) is 0 Å². The van der Waals surface area contributed by atoms with Gasteiger partial charge in [-0.15, -0.1) is 0 Å². The molecule has 0 atom stereocenters. The van der Waals surface area contributed by atoms with Gasteiger partial charge in [-0.1, -0.05) is 23.2 Å². The number of halogens is 3. The van der Waals surface area contributed by atoms with Crippen LogP contribution in [0.1, 0.15) is 5.69 Å². The molecule has 0 unspecified atom stereocenters. The Morgan fingerprint density at radius 1 is 0.875 bits per heavy atom. The van der Waals surface area contributed by atoms with Gasteiger partial charge in [-0.2, -0.15) is 4.98 Å². The topological polar surface area (TPSA) is 49.8 Å². The third-order valence-corrected chi connectivity index (χ3v) is 3.69. The first-order chi connectivity index (χ1) is 11.5. The van der Waals surface area contributed by atoms with Gasteiger partial charge in [0.1, 0.15) is 11.6 Å². The fourth-order valence-electron chi connectivity index (χ4n) is 2.07. The molecule has 2 N–H and O–H groups in total. The van der Waals surface area contributed by atoms with Crippen molar-refractivity contribution in [1.82, 2.24) is 9.97 Å². The Kier molecular flexibility index (Phi) is 4.83. The quantitative estimate of drug-likeness (QED) is 0.623. The number of anilines is 4. The summed E-state index contributed by atoms with van der Waals surface area (Å²) in [6.07, 6.45) is 0. The Bertz CT molecular complexity index is 869. The predicted octanol–water partition coefficient (Wildman–Crippen LogP) is 5.72. The Balaban J connectivity index is 1.82. The van der Waals surface area contributed by atoms with E-state index in [2.05, 4.69) is 20.6 Å². The van der Waals surface area contributed by atoms with E-state index in [1.807, 2.05) is 25.1 Å². The van der Waals surface area contributed by atoms with E-state index < -0.39 is 5.82 Å². The van der Waals surface area contributed by atoms with Crippen molar-refractivity contribution in [2.75, 3.05) is 10.6 Å². The average molecular weight is 363 g/mol. The number of aryl methyl sites for hydroxylation is 1. The van der Waals surface area contributed by atoms with Crippen LogP contribution >= 0.6 is 23.2 Å². The van der Waals surface area contributed by atoms with Gasteiger partial charge in [-0.25, -0.2) is 9.37 Å². The smallest absolute Gasteiger partial charge is 0.229 e. The SMILES string of the molecule is Cc1cc(Nc2ccc(Cl)cc2)nc(Nc2ccc(F)c(Cl)c2)n1. The molecule has 4 nitrogen and oxygen atoms in total. The monoisotopic (exact) mass is 362 g/mol. The number of aromatic nitrogens is 2. The zero-order chi connectivity index (χ0) is 17.1. The highest BCUT2D eigenvalue weighted by Gasteiger charge is 2.06. The van der Waals surface area contributed by atoms with Crippen LogP contribution in [0.15, 0.2) is 48.5 Å². The van der Waals surface area contributed by atoms with Gasteiger partial charge < -0.3 is 10.6 Å². The fourth-order valence-corrected chi connectivity index (χ4v) is 2.38. The van der Waals surface area contributed by atoms with Crippen LogP contribution in [-0.2, 0) is 0 Å². The lowest BCUT2D eigenvalue weighted by atomic mass is 10.3. The molecule has 0 spiro atoms. The van der Waals surface area contributed by atoms with Gasteiger partial charge in [0.05, 0.1) is 5.02 Å². The Hall–Kier alpha value is -2.37. The number of hydrogen-bond donors (Lipinski definition) is 2. The van der Waals surface area contributed by atoms with E-state index in [0.717, 1.165) is 11.4 Å². The number of nitrogens with zero attached hydrogens (tertiary/aromatic N) is 2. The predicted molar refractivity (Wildman–Crippen MR) is 96.2 cm³/mol. The van der Waals surface area contributed by atoms with Crippen LogP contribution in [0.25, 0.3) is 0 Å². The minimum atomic E-state index is -0.475. The molecule has 1 heterocycles. The van der Waals surface area contributed by atoms with Crippen molar-refractivity contribution in [3.8, 4) is 0 Å². The summed E-state index contributed by atoms with van der Waals surface area (Å²) in [6, 6.07) is 13.4. The second kappa shape index (κ2) is 7.03. The van der Waals surface area contributed by atoms with Crippen LogP contribution in [-0.4, -0.2) is 9.97 Å². The van der Waals surface area contributed by atoms with Crippen molar-refractivity contribution in [2.45, 2.75) is 6.92 Å². The number of rotatable bonds is 4. The van der Waals surface area contributed by atoms with Crippen LogP contribution in [0, 0.1) is 12.7 Å². The first-order valence-corrected chi connectivity index (χ1v) is 7.85. The summed E-state index contributed by atoms with van der Waals surface area (Å²) in [5.41, 5.74) is 2.23. The van der Waals surface area contributed by atoms with Crippen molar-refractivity contribution < 1.29 is 4.39 Å². The normalized spacial score (nSPS) is 10.5. The average Bonchev–Trinajstić information content (AvgIpc) is 2.53. The Morgan fingerprint density at radius 2 is 1.58 bits per heavy atom. The standard InChI is InChI=1S/C17H13Cl2FN4/c1-10-8-16(22-12-4-2-11(18)3-5-12)24-17(21-10)23-13-6-7-15(20)14(19)9-13/h2-9H,1H3,(H2,21,22,23,24). The molecule has 2 aromatic carbocycles. The summed E-state index contributed by atoms with van der Waals surface area (Å²) >= 11 is 11.7. The maximum absolute atomic E-state index is 13.2. The molecular formula is C17H13Cl2FN4. The van der Waals surface area contributed by atoms with Crippen LogP contribution < -0.4 is 10.6 Å². The third-order valence-electron chi connectivity index (χ3n) is 3.15. The highest BCUT2D eigenvalue weighted by atomic mass is 35.5. The second-order valence-corrected chi connectivity index (χ2v) is 5.95. The summed E-state index contributed by atoms with van der Waals surface area (Å²) in [4.78, 5) is 8.71. The largest absolute Gasteiger partial charge is 0.340 e. The molecule has 0 fully saturated rings. The molecule has 24 heavy (non-hydrogen) atoms. The highest BCUT2D eigenvalue weighted by molar-refractivity contribution is 6.31. The number of nitrogens with one attached hydrogen (secondary N) is 2. The van der Waals surface area contributed by atoms with Crippen molar-refractivity contribution in [3.05, 3.63) is 70.1 Å². The van der Waals surface area contributed by atoms with E-state index in [1.165, 1.54) is 12.1 Å². The van der Waals surface area contributed by atoms with Gasteiger partial charge in [0.25, 0.3) is 0 Å². The molecule has 0 aliphatic rings. The summed E-state index contributed by atoms with van der Waals surface area (Å²) in [5, 5.41) is 6.89. The summed E-state index contributed by atoms with van der Waals surface area (Å²) in [7, 11) is 0. The lowest BCUT2D eigenvalue weighted by Gasteiger charge is -2.10. The van der Waals surface area contributed by atoms with Gasteiger partial charge in [0, 0.05) is 28.2 Å². The van der Waals surface area contributed by atoms with Crippen LogP contribution in [0.2, 0.25) is 10.0 Å². The molecule has 3 rings (SSSR count). The first kappa shape index (κ1) is 16.5. The first-order valence-electron chi connectivity index (χ1n) is 7.10. The molecular weight excluding hydrogens is 350 g/mol. The minimum absolute atomic E-state index is 0.0344. The molecule has 7 heteroatoms. The molecule has 122 valence electrons. The van der Waals surface area contributed by atoms with Crippen LogP contribution in [0.3, 0.4) is 0 Å². The lowest BCUT2D eigenvalue weighted by molar-refractivity contribution is 0.628. The van der Waals surface area contributed by atoms with Crippen molar-refractivity contribution in [3.63, 3.8) is 0 Å². The molecule has 0 amide bonds. The van der Waals surface area contributed by atoms with Gasteiger partial charge >= 0.3 is 0 Å². The minimum Gasteiger partial charge on any atom is -0.340 e. The summed E-state index contributed by atoms with van der Waals surface area (Å²) in [5.74, 6) is 0.534. The van der Waals surface area contributed by atoms with Gasteiger partial charge in [0.15, 0.2) is 0 Å². The molecule has 0 radical (unpaired) electrons. The fraction of sp³-hybridized carbons (Fsp3) is 0.0588. The molecule has 0 aliphatic carbocycles. The maximum atomic E-state index is 13.2. The maximum Gasteiger partial charge on any atom is 0.229 e. The highest BCUT2D eigenvalue weighted by Crippen LogP contribution is 2.23. The summed E-state index contributed by atoms with van der Waals surface area (Å²) < 4.78 is 13.2. The summed E-state index contributed by atoms with van der Waals surface area (Å²) in [6.45, 7) is 1.86. The lowest BCUT2D eigenvalue weighted by Crippen LogP contribution is -2.02. The molecule has 0 bridgehead atoms. The molecule has 3 aromatic rings. The molecule has 0 saturated carbocycles.